The van der Waals surface area contributed by atoms with Crippen LogP contribution in [0.25, 0.3) is 5.57 Å². The molecule has 1 aliphatic heterocycles. The first kappa shape index (κ1) is 18.6. The van der Waals surface area contributed by atoms with Crippen LogP contribution in [-0.2, 0) is 16.1 Å². The minimum atomic E-state index is -0.764. The topological polar surface area (TPSA) is 66.8 Å². The Kier molecular flexibility index (Phi) is 5.26. The van der Waals surface area contributed by atoms with E-state index < -0.39 is 23.4 Å². The molecular weight excluding hydrogens is 349 g/mol. The van der Waals surface area contributed by atoms with E-state index in [2.05, 4.69) is 0 Å². The highest BCUT2D eigenvalue weighted by Crippen LogP contribution is 2.30. The largest absolute Gasteiger partial charge is 0.502 e. The lowest BCUT2D eigenvalue weighted by Crippen LogP contribution is -2.31. The van der Waals surface area contributed by atoms with Crippen LogP contribution in [0.5, 0.6) is 5.75 Å². The number of benzene rings is 2. The number of rotatable bonds is 6. The Balaban J connectivity index is 1.78. The molecule has 5 nitrogen and oxygen atoms in total. The van der Waals surface area contributed by atoms with Gasteiger partial charge in [0, 0.05) is 0 Å². The number of aliphatic hydroxyl groups is 1. The van der Waals surface area contributed by atoms with Gasteiger partial charge in [0.25, 0.3) is 11.8 Å². The summed E-state index contributed by atoms with van der Waals surface area (Å²) in [5.74, 6) is -1.31. The fourth-order valence-electron chi connectivity index (χ4n) is 2.72. The second kappa shape index (κ2) is 7.61. The van der Waals surface area contributed by atoms with Gasteiger partial charge in [0.1, 0.15) is 11.6 Å². The van der Waals surface area contributed by atoms with Crippen LogP contribution in [0.3, 0.4) is 0 Å². The lowest BCUT2D eigenvalue weighted by Gasteiger charge is -2.14. The number of carbonyl (C=O) groups excluding carboxylic acids is 2. The lowest BCUT2D eigenvalue weighted by atomic mass is 10.1. The quantitative estimate of drug-likeness (QED) is 0.789. The normalized spacial score (nSPS) is 14.4. The first-order valence-corrected chi connectivity index (χ1v) is 8.64. The summed E-state index contributed by atoms with van der Waals surface area (Å²) in [6.45, 7) is 4.60. The van der Waals surface area contributed by atoms with E-state index in [9.17, 15) is 19.1 Å². The Labute approximate surface area is 156 Å². The van der Waals surface area contributed by atoms with Crippen LogP contribution in [0, 0.1) is 11.7 Å². The van der Waals surface area contributed by atoms with Gasteiger partial charge in [0.15, 0.2) is 5.76 Å². The van der Waals surface area contributed by atoms with Crippen molar-refractivity contribution in [3.8, 4) is 5.75 Å². The van der Waals surface area contributed by atoms with Gasteiger partial charge >= 0.3 is 0 Å². The van der Waals surface area contributed by atoms with Gasteiger partial charge < -0.3 is 9.84 Å². The summed E-state index contributed by atoms with van der Waals surface area (Å²) in [6, 6.07) is 12.1. The van der Waals surface area contributed by atoms with E-state index in [1.807, 2.05) is 13.8 Å². The fraction of sp³-hybridized carbons (Fsp3) is 0.238. The van der Waals surface area contributed by atoms with Crippen molar-refractivity contribution < 1.29 is 23.8 Å². The summed E-state index contributed by atoms with van der Waals surface area (Å²) in [7, 11) is 0. The van der Waals surface area contributed by atoms with Crippen molar-refractivity contribution in [1.82, 2.24) is 4.90 Å². The van der Waals surface area contributed by atoms with E-state index in [1.165, 1.54) is 24.3 Å². The first-order valence-electron chi connectivity index (χ1n) is 8.64. The van der Waals surface area contributed by atoms with Gasteiger partial charge in [-0.3, -0.25) is 14.5 Å². The molecule has 0 radical (unpaired) electrons. The van der Waals surface area contributed by atoms with Crippen molar-refractivity contribution in [2.24, 2.45) is 5.92 Å². The summed E-state index contributed by atoms with van der Waals surface area (Å²) in [5.41, 5.74) is 0.978. The molecule has 3 rings (SSSR count). The molecule has 27 heavy (non-hydrogen) atoms. The van der Waals surface area contributed by atoms with Gasteiger partial charge in [0.2, 0.25) is 0 Å². The summed E-state index contributed by atoms with van der Waals surface area (Å²) in [4.78, 5) is 25.9. The molecule has 1 aliphatic rings. The maximum absolute atomic E-state index is 13.0. The average Bonchev–Trinajstić information content (AvgIpc) is 2.86. The van der Waals surface area contributed by atoms with Crippen molar-refractivity contribution in [3.05, 3.63) is 71.2 Å². The molecule has 0 aliphatic carbocycles. The van der Waals surface area contributed by atoms with E-state index >= 15 is 0 Å². The molecule has 2 amide bonds. The van der Waals surface area contributed by atoms with E-state index in [0.717, 1.165) is 4.90 Å². The zero-order valence-corrected chi connectivity index (χ0v) is 15.1. The zero-order valence-electron chi connectivity index (χ0n) is 15.1. The van der Waals surface area contributed by atoms with Crippen molar-refractivity contribution in [2.45, 2.75) is 20.4 Å². The van der Waals surface area contributed by atoms with Crippen molar-refractivity contribution in [1.29, 1.82) is 0 Å². The first-order chi connectivity index (χ1) is 12.9. The molecule has 2 aromatic rings. The van der Waals surface area contributed by atoms with Crippen LogP contribution in [0.4, 0.5) is 4.39 Å². The third-order valence-electron chi connectivity index (χ3n) is 4.12. The number of ether oxygens (including phenoxy) is 1. The summed E-state index contributed by atoms with van der Waals surface area (Å²) in [6.07, 6.45) is 0. The molecule has 0 aromatic heterocycles. The Bertz CT molecular complexity index is 885. The van der Waals surface area contributed by atoms with Gasteiger partial charge in [-0.15, -0.1) is 0 Å². The van der Waals surface area contributed by atoms with Gasteiger partial charge in [0.05, 0.1) is 18.7 Å². The highest BCUT2D eigenvalue weighted by Gasteiger charge is 2.39. The average molecular weight is 369 g/mol. The summed E-state index contributed by atoms with van der Waals surface area (Å²) >= 11 is 0. The number of hydrogen-bond acceptors (Lipinski definition) is 4. The SMILES string of the molecule is CC(C)COc1ccc(C2=C(O)C(=O)N(Cc3ccc(F)cc3)C2=O)cc1. The molecule has 0 bridgehead atoms. The number of aliphatic hydroxyl groups excluding tert-OH is 1. The predicted molar refractivity (Wildman–Crippen MR) is 98.3 cm³/mol. The smallest absolute Gasteiger partial charge is 0.296 e. The van der Waals surface area contributed by atoms with Gasteiger partial charge in [-0.05, 0) is 41.3 Å². The predicted octanol–water partition coefficient (Wildman–Crippen LogP) is 3.70. The van der Waals surface area contributed by atoms with Crippen molar-refractivity contribution in [3.63, 3.8) is 0 Å². The summed E-state index contributed by atoms with van der Waals surface area (Å²) in [5, 5.41) is 10.2. The minimum Gasteiger partial charge on any atom is -0.502 e. The van der Waals surface area contributed by atoms with Gasteiger partial charge in [-0.25, -0.2) is 4.39 Å². The summed E-state index contributed by atoms with van der Waals surface area (Å²) < 4.78 is 18.6. The maximum atomic E-state index is 13.0. The highest BCUT2D eigenvalue weighted by molar-refractivity contribution is 6.34. The zero-order chi connectivity index (χ0) is 19.6. The third-order valence-corrected chi connectivity index (χ3v) is 4.12. The molecule has 0 unspecified atom stereocenters. The third kappa shape index (κ3) is 4.00. The van der Waals surface area contributed by atoms with Crippen molar-refractivity contribution >= 4 is 17.4 Å². The van der Waals surface area contributed by atoms with E-state index in [0.29, 0.717) is 29.4 Å². The van der Waals surface area contributed by atoms with Gasteiger partial charge in [-0.2, -0.15) is 0 Å². The molecule has 1 heterocycles. The van der Waals surface area contributed by atoms with Crippen LogP contribution < -0.4 is 4.74 Å². The Morgan fingerprint density at radius 2 is 1.63 bits per heavy atom. The van der Waals surface area contributed by atoms with Gasteiger partial charge in [-0.1, -0.05) is 38.1 Å². The molecule has 6 heteroatoms. The molecule has 0 fully saturated rings. The molecule has 0 spiro atoms. The number of halogens is 1. The Morgan fingerprint density at radius 3 is 2.22 bits per heavy atom. The number of amides is 2. The molecule has 0 saturated heterocycles. The number of carbonyl (C=O) groups is 2. The van der Waals surface area contributed by atoms with E-state index in [-0.39, 0.29) is 12.1 Å². The molecule has 1 N–H and O–H groups in total. The number of hydrogen-bond donors (Lipinski definition) is 1. The van der Waals surface area contributed by atoms with Crippen LogP contribution in [0.2, 0.25) is 0 Å². The van der Waals surface area contributed by atoms with Crippen LogP contribution >= 0.6 is 0 Å². The maximum Gasteiger partial charge on any atom is 0.296 e. The molecule has 2 aromatic carbocycles. The van der Waals surface area contributed by atoms with E-state index in [4.69, 9.17) is 4.74 Å². The monoisotopic (exact) mass is 369 g/mol. The molecular formula is C21H20FNO4. The number of nitrogens with zero attached hydrogens (tertiary/aromatic N) is 1. The standard InChI is InChI=1S/C21H20FNO4/c1-13(2)12-27-17-9-5-15(6-10-17)18-19(24)21(26)23(20(18)25)11-14-3-7-16(22)8-4-14/h3-10,13,24H,11-12H2,1-2H3. The Hall–Kier alpha value is -3.15. The Morgan fingerprint density at radius 1 is 1.00 bits per heavy atom. The fourth-order valence-corrected chi connectivity index (χ4v) is 2.72. The van der Waals surface area contributed by atoms with E-state index in [1.54, 1.807) is 24.3 Å². The van der Waals surface area contributed by atoms with Crippen LogP contribution in [0.1, 0.15) is 25.0 Å². The molecule has 140 valence electrons. The molecule has 0 saturated carbocycles. The molecule has 0 atom stereocenters. The lowest BCUT2D eigenvalue weighted by molar-refractivity contribution is -0.138. The van der Waals surface area contributed by atoms with Crippen LogP contribution in [-0.4, -0.2) is 28.4 Å². The highest BCUT2D eigenvalue weighted by atomic mass is 19.1. The number of imide groups is 1. The minimum absolute atomic E-state index is 0.0406. The second-order valence-electron chi connectivity index (χ2n) is 6.78. The van der Waals surface area contributed by atoms with Crippen molar-refractivity contribution in [2.75, 3.05) is 6.61 Å². The second-order valence-corrected chi connectivity index (χ2v) is 6.78. The van der Waals surface area contributed by atoms with Crippen LogP contribution in [0.15, 0.2) is 54.3 Å².